The molecule has 1 nitrogen and oxygen atoms in total. The zero-order valence-electron chi connectivity index (χ0n) is 9.26. The topological polar surface area (TPSA) is 20.2 Å². The van der Waals surface area contributed by atoms with Crippen LogP contribution in [0.4, 0.5) is 4.39 Å². The molecule has 1 fully saturated rings. The molecule has 1 N–H and O–H groups in total. The van der Waals surface area contributed by atoms with Crippen molar-refractivity contribution in [1.29, 1.82) is 0 Å². The number of hydrogen-bond acceptors (Lipinski definition) is 1. The second-order valence-corrected chi connectivity index (χ2v) is 5.14. The van der Waals surface area contributed by atoms with Crippen molar-refractivity contribution in [1.82, 2.24) is 0 Å². The lowest BCUT2D eigenvalue weighted by Crippen LogP contribution is -2.36. The Balaban J connectivity index is 2.14. The van der Waals surface area contributed by atoms with E-state index in [9.17, 15) is 9.50 Å². The lowest BCUT2D eigenvalue weighted by Gasteiger charge is -2.30. The summed E-state index contributed by atoms with van der Waals surface area (Å²) in [5, 5.41) is 10.3. The largest absolute Gasteiger partial charge is 0.389 e. The lowest BCUT2D eigenvalue weighted by atomic mass is 9.82. The Labute approximate surface area is 89.9 Å². The molecule has 0 aromatic heterocycles. The van der Waals surface area contributed by atoms with Gasteiger partial charge in [0.2, 0.25) is 0 Å². The van der Waals surface area contributed by atoms with Gasteiger partial charge in [0, 0.05) is 6.42 Å². The van der Waals surface area contributed by atoms with Crippen LogP contribution in [0.15, 0.2) is 24.3 Å². The molecule has 15 heavy (non-hydrogen) atoms. The van der Waals surface area contributed by atoms with E-state index in [1.54, 1.807) is 6.07 Å². The molecule has 1 atom stereocenters. The van der Waals surface area contributed by atoms with Gasteiger partial charge in [0.05, 0.1) is 5.60 Å². The van der Waals surface area contributed by atoms with Gasteiger partial charge in [0.15, 0.2) is 0 Å². The first-order valence-corrected chi connectivity index (χ1v) is 5.40. The van der Waals surface area contributed by atoms with Crippen LogP contribution in [0.1, 0.15) is 32.3 Å². The molecule has 0 spiro atoms. The Hall–Kier alpha value is -0.890. The Morgan fingerprint density at radius 1 is 1.47 bits per heavy atom. The summed E-state index contributed by atoms with van der Waals surface area (Å²) < 4.78 is 13.0. The van der Waals surface area contributed by atoms with Gasteiger partial charge in [-0.05, 0) is 42.9 Å². The van der Waals surface area contributed by atoms with Crippen molar-refractivity contribution in [3.8, 4) is 0 Å². The van der Waals surface area contributed by atoms with E-state index in [0.29, 0.717) is 6.42 Å². The first kappa shape index (κ1) is 10.6. The minimum atomic E-state index is -0.721. The van der Waals surface area contributed by atoms with Crippen molar-refractivity contribution in [2.75, 3.05) is 0 Å². The monoisotopic (exact) mass is 208 g/mol. The van der Waals surface area contributed by atoms with Crippen LogP contribution in [0.3, 0.4) is 0 Å². The van der Waals surface area contributed by atoms with Gasteiger partial charge < -0.3 is 5.11 Å². The van der Waals surface area contributed by atoms with E-state index in [-0.39, 0.29) is 11.2 Å². The Morgan fingerprint density at radius 2 is 2.13 bits per heavy atom. The zero-order valence-corrected chi connectivity index (χ0v) is 9.26. The highest BCUT2D eigenvalue weighted by Gasteiger charge is 2.51. The van der Waals surface area contributed by atoms with Gasteiger partial charge >= 0.3 is 0 Å². The minimum Gasteiger partial charge on any atom is -0.389 e. The molecule has 1 unspecified atom stereocenters. The molecule has 1 aliphatic carbocycles. The third-order valence-corrected chi connectivity index (χ3v) is 3.74. The van der Waals surface area contributed by atoms with Crippen molar-refractivity contribution < 1.29 is 9.50 Å². The molecule has 2 heteroatoms. The molecular formula is C13H17FO. The van der Waals surface area contributed by atoms with Crippen LogP contribution in [0.5, 0.6) is 0 Å². The van der Waals surface area contributed by atoms with Gasteiger partial charge in [-0.3, -0.25) is 0 Å². The average Bonchev–Trinajstić information content (AvgIpc) is 2.84. The molecule has 2 rings (SSSR count). The maximum atomic E-state index is 13.0. The van der Waals surface area contributed by atoms with E-state index < -0.39 is 5.60 Å². The van der Waals surface area contributed by atoms with E-state index >= 15 is 0 Å². The van der Waals surface area contributed by atoms with Crippen LogP contribution in [0.25, 0.3) is 0 Å². The van der Waals surface area contributed by atoms with Crippen molar-refractivity contribution in [2.45, 2.75) is 38.7 Å². The first-order chi connectivity index (χ1) is 6.93. The predicted octanol–water partition coefficient (Wildman–Crippen LogP) is 2.92. The van der Waals surface area contributed by atoms with Crippen molar-refractivity contribution >= 4 is 0 Å². The first-order valence-electron chi connectivity index (χ1n) is 5.40. The van der Waals surface area contributed by atoms with Gasteiger partial charge in [0.25, 0.3) is 0 Å². The second kappa shape index (κ2) is 3.31. The fraction of sp³-hybridized carbons (Fsp3) is 0.538. The fourth-order valence-electron chi connectivity index (χ4n) is 1.98. The summed E-state index contributed by atoms with van der Waals surface area (Å²) in [5.74, 6) is -0.232. The standard InChI is InChI=1S/C13H17FO/c1-12(6-7-12)13(2,15)9-10-4-3-5-11(14)8-10/h3-5,8,15H,6-7,9H2,1-2H3. The van der Waals surface area contributed by atoms with E-state index in [1.807, 2.05) is 13.0 Å². The van der Waals surface area contributed by atoms with E-state index in [0.717, 1.165) is 18.4 Å². The highest BCUT2D eigenvalue weighted by molar-refractivity contribution is 5.20. The quantitative estimate of drug-likeness (QED) is 0.809. The molecule has 0 saturated heterocycles. The highest BCUT2D eigenvalue weighted by atomic mass is 19.1. The second-order valence-electron chi connectivity index (χ2n) is 5.14. The highest BCUT2D eigenvalue weighted by Crippen LogP contribution is 2.54. The van der Waals surface area contributed by atoms with Crippen LogP contribution >= 0.6 is 0 Å². The summed E-state index contributed by atoms with van der Waals surface area (Å²) in [6.07, 6.45) is 2.66. The third-order valence-electron chi connectivity index (χ3n) is 3.74. The molecule has 1 aromatic rings. The Morgan fingerprint density at radius 3 is 2.67 bits per heavy atom. The molecule has 0 heterocycles. The van der Waals surface area contributed by atoms with Crippen LogP contribution in [-0.4, -0.2) is 10.7 Å². The molecule has 0 radical (unpaired) electrons. The molecule has 0 bridgehead atoms. The normalized spacial score (nSPS) is 22.1. The summed E-state index contributed by atoms with van der Waals surface area (Å²) in [7, 11) is 0. The lowest BCUT2D eigenvalue weighted by molar-refractivity contribution is -0.00706. The molecule has 82 valence electrons. The predicted molar refractivity (Wildman–Crippen MR) is 58.1 cm³/mol. The number of aliphatic hydroxyl groups is 1. The van der Waals surface area contributed by atoms with Gasteiger partial charge in [-0.1, -0.05) is 19.1 Å². The van der Waals surface area contributed by atoms with Crippen molar-refractivity contribution in [3.05, 3.63) is 35.6 Å². The summed E-state index contributed by atoms with van der Waals surface area (Å²) in [6, 6.07) is 6.48. The third kappa shape index (κ3) is 2.05. The van der Waals surface area contributed by atoms with E-state index in [2.05, 4.69) is 6.92 Å². The van der Waals surface area contributed by atoms with Gasteiger partial charge in [-0.2, -0.15) is 0 Å². The van der Waals surface area contributed by atoms with Gasteiger partial charge in [-0.25, -0.2) is 4.39 Å². The van der Waals surface area contributed by atoms with E-state index in [4.69, 9.17) is 0 Å². The maximum Gasteiger partial charge on any atom is 0.123 e. The van der Waals surface area contributed by atoms with E-state index in [1.165, 1.54) is 12.1 Å². The average molecular weight is 208 g/mol. The summed E-state index contributed by atoms with van der Waals surface area (Å²) in [5.41, 5.74) is 0.174. The van der Waals surface area contributed by atoms with Crippen LogP contribution in [-0.2, 0) is 6.42 Å². The number of benzene rings is 1. The number of hydrogen-bond donors (Lipinski definition) is 1. The molecule has 0 amide bonds. The SMILES string of the molecule is CC(O)(Cc1cccc(F)c1)C1(C)CC1. The van der Waals surface area contributed by atoms with Crippen molar-refractivity contribution in [2.24, 2.45) is 5.41 Å². The van der Waals surface area contributed by atoms with Crippen LogP contribution in [0.2, 0.25) is 0 Å². The summed E-state index contributed by atoms with van der Waals surface area (Å²) >= 11 is 0. The maximum absolute atomic E-state index is 13.0. The molecule has 1 aliphatic rings. The molecule has 1 aromatic carbocycles. The van der Waals surface area contributed by atoms with Crippen molar-refractivity contribution in [3.63, 3.8) is 0 Å². The summed E-state index contributed by atoms with van der Waals surface area (Å²) in [4.78, 5) is 0. The van der Waals surface area contributed by atoms with Gasteiger partial charge in [-0.15, -0.1) is 0 Å². The molecule has 1 saturated carbocycles. The number of halogens is 1. The smallest absolute Gasteiger partial charge is 0.123 e. The van der Waals surface area contributed by atoms with Gasteiger partial charge in [0.1, 0.15) is 5.82 Å². The molecule has 0 aliphatic heterocycles. The zero-order chi connectivity index (χ0) is 11.1. The van der Waals surface area contributed by atoms with Crippen LogP contribution < -0.4 is 0 Å². The Bertz CT molecular complexity index is 367. The van der Waals surface area contributed by atoms with Crippen LogP contribution in [0, 0.1) is 11.2 Å². The number of rotatable bonds is 3. The molecular weight excluding hydrogens is 191 g/mol. The summed E-state index contributed by atoms with van der Waals surface area (Å²) in [6.45, 7) is 3.94. The fourth-order valence-corrected chi connectivity index (χ4v) is 1.98. The minimum absolute atomic E-state index is 0.0271. The Kier molecular flexibility index (Phi) is 2.34.